The van der Waals surface area contributed by atoms with Crippen LogP contribution in [0.4, 0.5) is 5.69 Å². The van der Waals surface area contributed by atoms with Crippen molar-refractivity contribution in [2.75, 3.05) is 30.6 Å². The van der Waals surface area contributed by atoms with E-state index in [1.807, 2.05) is 30.6 Å². The molecule has 4 rings (SSSR count). The molecule has 27 heavy (non-hydrogen) atoms. The Balaban J connectivity index is 1.33. The second-order valence-electron chi connectivity index (χ2n) is 8.17. The number of fused-ring (bicyclic) bond motifs is 1. The van der Waals surface area contributed by atoms with Crippen molar-refractivity contribution in [2.45, 2.75) is 25.2 Å². The zero-order valence-corrected chi connectivity index (χ0v) is 16.7. The van der Waals surface area contributed by atoms with Gasteiger partial charge in [0.1, 0.15) is 0 Å². The molecule has 0 amide bonds. The predicted molar refractivity (Wildman–Crippen MR) is 108 cm³/mol. The van der Waals surface area contributed by atoms with Gasteiger partial charge in [0.05, 0.1) is 6.26 Å². The molecule has 1 saturated heterocycles. The van der Waals surface area contributed by atoms with Crippen LogP contribution >= 0.6 is 0 Å². The number of aryl methyl sites for hydroxylation is 1. The molecule has 2 atom stereocenters. The van der Waals surface area contributed by atoms with Crippen molar-refractivity contribution in [3.8, 4) is 0 Å². The number of aromatic nitrogens is 1. The van der Waals surface area contributed by atoms with Crippen molar-refractivity contribution in [2.24, 2.45) is 11.8 Å². The first-order chi connectivity index (χ1) is 12.9. The van der Waals surface area contributed by atoms with Crippen LogP contribution in [-0.4, -0.2) is 44.2 Å². The Kier molecular flexibility index (Phi) is 4.72. The third-order valence-electron chi connectivity index (χ3n) is 6.30. The minimum atomic E-state index is -3.24. The molecule has 0 spiro atoms. The molecule has 2 aromatic rings. The van der Waals surface area contributed by atoms with Gasteiger partial charge in [-0.2, -0.15) is 0 Å². The van der Waals surface area contributed by atoms with Crippen molar-refractivity contribution in [1.29, 1.82) is 0 Å². The second-order valence-corrected chi connectivity index (χ2v) is 9.92. The molecule has 2 aliphatic rings. The number of piperidine rings is 1. The lowest BCUT2D eigenvalue weighted by molar-refractivity contribution is 0.274. The van der Waals surface area contributed by atoms with Gasteiger partial charge in [0.2, 0.25) is 10.0 Å². The first kappa shape index (κ1) is 18.4. The fourth-order valence-corrected chi connectivity index (χ4v) is 5.32. The van der Waals surface area contributed by atoms with Gasteiger partial charge in [-0.15, -0.1) is 0 Å². The van der Waals surface area contributed by atoms with Crippen LogP contribution in [0.5, 0.6) is 0 Å². The molecule has 0 radical (unpaired) electrons. The Bertz CT molecular complexity index is 902. The highest BCUT2D eigenvalue weighted by atomic mass is 32.2. The molecule has 1 aliphatic carbocycles. The van der Waals surface area contributed by atoms with Crippen molar-refractivity contribution in [1.82, 2.24) is 9.88 Å². The molecule has 1 saturated carbocycles. The van der Waals surface area contributed by atoms with Crippen molar-refractivity contribution in [3.63, 3.8) is 0 Å². The molecule has 1 N–H and O–H groups in total. The Morgan fingerprint density at radius 2 is 1.89 bits per heavy atom. The standard InChI is InChI=1S/C21H27N3O2S/c1-21(17-6-3-7-18(13-17)23-27(2,25)26)19-14-24(15-20(19)21)12-4-5-16-8-10-22-11-9-16/h3,6-11,13,19-20,23H,4-5,12,14-15H2,1-2H3. The maximum atomic E-state index is 11.5. The molecule has 1 aromatic carbocycles. The molecule has 2 unspecified atom stereocenters. The second kappa shape index (κ2) is 6.91. The monoisotopic (exact) mass is 385 g/mol. The lowest BCUT2D eigenvalue weighted by Crippen LogP contribution is -2.30. The van der Waals surface area contributed by atoms with Crippen LogP contribution in [0.15, 0.2) is 48.8 Å². The van der Waals surface area contributed by atoms with Gasteiger partial charge in [0.15, 0.2) is 0 Å². The summed E-state index contributed by atoms with van der Waals surface area (Å²) in [7, 11) is -3.24. The molecule has 1 aromatic heterocycles. The Morgan fingerprint density at radius 1 is 1.19 bits per heavy atom. The molecular weight excluding hydrogens is 358 g/mol. The summed E-state index contributed by atoms with van der Waals surface area (Å²) in [6.07, 6.45) is 7.19. The molecular formula is C21H27N3O2S. The van der Waals surface area contributed by atoms with E-state index in [2.05, 4.69) is 39.7 Å². The topological polar surface area (TPSA) is 62.3 Å². The van der Waals surface area contributed by atoms with Gasteiger partial charge < -0.3 is 4.90 Å². The first-order valence-corrected chi connectivity index (χ1v) is 11.4. The number of sulfonamides is 1. The van der Waals surface area contributed by atoms with Gasteiger partial charge in [0, 0.05) is 36.6 Å². The molecule has 2 fully saturated rings. The van der Waals surface area contributed by atoms with Gasteiger partial charge in [0.25, 0.3) is 0 Å². The number of pyridine rings is 1. The number of benzene rings is 1. The van der Waals surface area contributed by atoms with Gasteiger partial charge >= 0.3 is 0 Å². The quantitative estimate of drug-likeness (QED) is 0.796. The Hall–Kier alpha value is -1.92. The third kappa shape index (κ3) is 3.87. The van der Waals surface area contributed by atoms with E-state index in [-0.39, 0.29) is 5.41 Å². The average molecular weight is 386 g/mol. The zero-order valence-electron chi connectivity index (χ0n) is 15.9. The zero-order chi connectivity index (χ0) is 19.1. The van der Waals surface area contributed by atoms with E-state index >= 15 is 0 Å². The highest BCUT2D eigenvalue weighted by Gasteiger charge is 2.65. The molecule has 144 valence electrons. The van der Waals surface area contributed by atoms with E-state index in [0.29, 0.717) is 17.5 Å². The van der Waals surface area contributed by atoms with Crippen LogP contribution in [0.25, 0.3) is 0 Å². The largest absolute Gasteiger partial charge is 0.303 e. The van der Waals surface area contributed by atoms with E-state index in [0.717, 1.165) is 26.1 Å². The average Bonchev–Trinajstić information content (AvgIpc) is 2.98. The SMILES string of the molecule is CC1(c2cccc(NS(C)(=O)=O)c2)C2CN(CCCc3ccncc3)CC21. The number of rotatable bonds is 7. The van der Waals surface area contributed by atoms with Crippen LogP contribution in [0.1, 0.15) is 24.5 Å². The minimum absolute atomic E-state index is 0.177. The van der Waals surface area contributed by atoms with Gasteiger partial charge in [-0.05, 0) is 66.6 Å². The van der Waals surface area contributed by atoms with Crippen molar-refractivity contribution in [3.05, 3.63) is 59.9 Å². The van der Waals surface area contributed by atoms with Crippen LogP contribution in [0.2, 0.25) is 0 Å². The summed E-state index contributed by atoms with van der Waals surface area (Å²) >= 11 is 0. The molecule has 6 heteroatoms. The maximum Gasteiger partial charge on any atom is 0.229 e. The third-order valence-corrected chi connectivity index (χ3v) is 6.91. The number of hydrogen-bond acceptors (Lipinski definition) is 4. The van der Waals surface area contributed by atoms with E-state index < -0.39 is 10.0 Å². The lowest BCUT2D eigenvalue weighted by atomic mass is 9.92. The smallest absolute Gasteiger partial charge is 0.229 e. The predicted octanol–water partition coefficient (Wildman–Crippen LogP) is 2.91. The van der Waals surface area contributed by atoms with Crippen LogP contribution in [-0.2, 0) is 21.9 Å². The number of likely N-dealkylation sites (tertiary alicyclic amines) is 1. The molecule has 0 bridgehead atoms. The molecule has 1 aliphatic heterocycles. The summed E-state index contributed by atoms with van der Waals surface area (Å²) in [5.74, 6) is 1.35. The summed E-state index contributed by atoms with van der Waals surface area (Å²) in [6.45, 7) is 5.75. The minimum Gasteiger partial charge on any atom is -0.303 e. The Morgan fingerprint density at radius 3 is 2.56 bits per heavy atom. The highest BCUT2D eigenvalue weighted by molar-refractivity contribution is 7.92. The van der Waals surface area contributed by atoms with Crippen molar-refractivity contribution < 1.29 is 8.42 Å². The van der Waals surface area contributed by atoms with E-state index in [9.17, 15) is 8.42 Å². The first-order valence-electron chi connectivity index (χ1n) is 9.56. The fourth-order valence-electron chi connectivity index (χ4n) is 4.76. The summed E-state index contributed by atoms with van der Waals surface area (Å²) < 4.78 is 25.6. The number of hydrogen-bond donors (Lipinski definition) is 1. The molecule has 5 nitrogen and oxygen atoms in total. The Labute approximate surface area is 161 Å². The number of nitrogens with zero attached hydrogens (tertiary/aromatic N) is 2. The molecule has 2 heterocycles. The van der Waals surface area contributed by atoms with Gasteiger partial charge in [-0.3, -0.25) is 9.71 Å². The lowest BCUT2D eigenvalue weighted by Gasteiger charge is -2.24. The van der Waals surface area contributed by atoms with Gasteiger partial charge in [-0.1, -0.05) is 19.1 Å². The van der Waals surface area contributed by atoms with Crippen molar-refractivity contribution >= 4 is 15.7 Å². The highest BCUT2D eigenvalue weighted by Crippen LogP contribution is 2.63. The van der Waals surface area contributed by atoms with E-state index in [4.69, 9.17) is 0 Å². The summed E-state index contributed by atoms with van der Waals surface area (Å²) in [5, 5.41) is 0. The summed E-state index contributed by atoms with van der Waals surface area (Å²) in [6, 6.07) is 12.1. The fraction of sp³-hybridized carbons (Fsp3) is 0.476. The van der Waals surface area contributed by atoms with Crippen LogP contribution in [0.3, 0.4) is 0 Å². The van der Waals surface area contributed by atoms with Gasteiger partial charge in [-0.25, -0.2) is 8.42 Å². The van der Waals surface area contributed by atoms with Crippen LogP contribution < -0.4 is 4.72 Å². The normalized spacial score (nSPS) is 27.3. The maximum absolute atomic E-state index is 11.5. The summed E-state index contributed by atoms with van der Waals surface area (Å²) in [4.78, 5) is 6.65. The number of nitrogens with one attached hydrogen (secondary N) is 1. The van der Waals surface area contributed by atoms with E-state index in [1.54, 1.807) is 0 Å². The summed E-state index contributed by atoms with van der Waals surface area (Å²) in [5.41, 5.74) is 3.45. The number of anilines is 1. The van der Waals surface area contributed by atoms with Crippen LogP contribution in [0, 0.1) is 11.8 Å². The van der Waals surface area contributed by atoms with E-state index in [1.165, 1.54) is 23.8 Å².